The molecular formula is C13H22N2O2S2. The largest absolute Gasteiger partial charge is 0.481 e. The average molecular weight is 302 g/mol. The number of hydrogen-bond acceptors (Lipinski definition) is 4. The first-order valence-electron chi connectivity index (χ1n) is 6.25. The standard InChI is InChI=1S/C13H22N2O2S2/c1-13(2,3)10-8-14-12(19-9-11(16)17)15(10)6-5-7-18-4/h8H,5-7,9H2,1-4H3,(H,16,17). The molecule has 0 atom stereocenters. The maximum Gasteiger partial charge on any atom is 0.313 e. The average Bonchev–Trinajstić information content (AvgIpc) is 2.69. The van der Waals surface area contributed by atoms with Gasteiger partial charge in [-0.1, -0.05) is 32.5 Å². The number of carbonyl (C=O) groups is 1. The molecule has 0 amide bonds. The molecule has 0 fully saturated rings. The molecule has 0 aliphatic rings. The molecule has 0 aromatic carbocycles. The monoisotopic (exact) mass is 302 g/mol. The van der Waals surface area contributed by atoms with Crippen LogP contribution in [0.4, 0.5) is 0 Å². The highest BCUT2D eigenvalue weighted by molar-refractivity contribution is 7.99. The summed E-state index contributed by atoms with van der Waals surface area (Å²) in [5.41, 5.74) is 1.19. The number of imidazole rings is 1. The fourth-order valence-corrected chi connectivity index (χ4v) is 2.92. The second-order valence-corrected chi connectivity index (χ2v) is 7.28. The predicted octanol–water partition coefficient (Wildman–Crippen LogP) is 3.11. The van der Waals surface area contributed by atoms with E-state index in [0.717, 1.165) is 23.9 Å². The first-order chi connectivity index (χ1) is 8.86. The molecule has 1 N–H and O–H groups in total. The minimum atomic E-state index is -0.805. The van der Waals surface area contributed by atoms with Gasteiger partial charge in [0.05, 0.1) is 5.75 Å². The van der Waals surface area contributed by atoms with Gasteiger partial charge in [0.25, 0.3) is 0 Å². The number of aromatic nitrogens is 2. The predicted molar refractivity (Wildman–Crippen MR) is 82.3 cm³/mol. The number of carboxylic acids is 1. The van der Waals surface area contributed by atoms with Crippen LogP contribution in [0.5, 0.6) is 0 Å². The SMILES string of the molecule is CSCCCn1c(C(C)(C)C)cnc1SCC(=O)O. The van der Waals surface area contributed by atoms with Gasteiger partial charge in [-0.05, 0) is 18.4 Å². The van der Waals surface area contributed by atoms with Crippen LogP contribution in [0, 0.1) is 0 Å². The Morgan fingerprint density at radius 3 is 2.68 bits per heavy atom. The van der Waals surface area contributed by atoms with Gasteiger partial charge in [0.15, 0.2) is 5.16 Å². The lowest BCUT2D eigenvalue weighted by Gasteiger charge is -2.21. The Labute approximate surface area is 123 Å². The number of rotatable bonds is 7. The smallest absolute Gasteiger partial charge is 0.313 e. The van der Waals surface area contributed by atoms with E-state index in [4.69, 9.17) is 5.11 Å². The molecule has 4 nitrogen and oxygen atoms in total. The van der Waals surface area contributed by atoms with Crippen molar-refractivity contribution in [2.75, 3.05) is 17.8 Å². The molecule has 0 unspecified atom stereocenters. The van der Waals surface area contributed by atoms with Gasteiger partial charge >= 0.3 is 5.97 Å². The summed E-state index contributed by atoms with van der Waals surface area (Å²) < 4.78 is 2.17. The maximum absolute atomic E-state index is 10.7. The van der Waals surface area contributed by atoms with Crippen LogP contribution in [-0.4, -0.2) is 38.4 Å². The third-order valence-electron chi connectivity index (χ3n) is 2.64. The van der Waals surface area contributed by atoms with Crippen molar-refractivity contribution in [1.82, 2.24) is 9.55 Å². The molecule has 0 saturated heterocycles. The number of carboxylic acid groups (broad SMARTS) is 1. The van der Waals surface area contributed by atoms with E-state index in [1.165, 1.54) is 17.5 Å². The van der Waals surface area contributed by atoms with Crippen molar-refractivity contribution in [3.05, 3.63) is 11.9 Å². The number of aliphatic carboxylic acids is 1. The molecule has 1 aromatic heterocycles. The molecule has 0 aliphatic heterocycles. The van der Waals surface area contributed by atoms with E-state index in [-0.39, 0.29) is 11.2 Å². The van der Waals surface area contributed by atoms with Gasteiger partial charge in [0.1, 0.15) is 0 Å². The number of thioether (sulfide) groups is 2. The fraction of sp³-hybridized carbons (Fsp3) is 0.692. The molecule has 0 saturated carbocycles. The molecule has 6 heteroatoms. The highest BCUT2D eigenvalue weighted by Crippen LogP contribution is 2.27. The minimum Gasteiger partial charge on any atom is -0.481 e. The summed E-state index contributed by atoms with van der Waals surface area (Å²) in [6, 6.07) is 0. The van der Waals surface area contributed by atoms with Crippen molar-refractivity contribution in [3.8, 4) is 0 Å². The Bertz CT molecular complexity index is 425. The number of hydrogen-bond donors (Lipinski definition) is 1. The van der Waals surface area contributed by atoms with E-state index in [1.54, 1.807) is 0 Å². The van der Waals surface area contributed by atoms with Gasteiger partial charge in [0.2, 0.25) is 0 Å². The Morgan fingerprint density at radius 2 is 2.16 bits per heavy atom. The van der Waals surface area contributed by atoms with E-state index < -0.39 is 5.97 Å². The lowest BCUT2D eigenvalue weighted by atomic mass is 9.92. The van der Waals surface area contributed by atoms with Crippen LogP contribution >= 0.6 is 23.5 Å². The van der Waals surface area contributed by atoms with Gasteiger partial charge in [0, 0.05) is 23.9 Å². The van der Waals surface area contributed by atoms with Crippen molar-refractivity contribution in [2.24, 2.45) is 0 Å². The molecule has 0 radical (unpaired) electrons. The van der Waals surface area contributed by atoms with E-state index >= 15 is 0 Å². The summed E-state index contributed by atoms with van der Waals surface area (Å²) in [5, 5.41) is 9.60. The lowest BCUT2D eigenvalue weighted by molar-refractivity contribution is -0.133. The first-order valence-corrected chi connectivity index (χ1v) is 8.63. The zero-order valence-electron chi connectivity index (χ0n) is 12.0. The highest BCUT2D eigenvalue weighted by Gasteiger charge is 2.21. The Balaban J connectivity index is 2.90. The van der Waals surface area contributed by atoms with E-state index in [0.29, 0.717) is 0 Å². The third-order valence-corrected chi connectivity index (χ3v) is 4.31. The van der Waals surface area contributed by atoms with Crippen LogP contribution < -0.4 is 0 Å². The molecule has 108 valence electrons. The van der Waals surface area contributed by atoms with Crippen molar-refractivity contribution >= 4 is 29.5 Å². The molecular weight excluding hydrogens is 280 g/mol. The summed E-state index contributed by atoms with van der Waals surface area (Å²) in [4.78, 5) is 15.1. The van der Waals surface area contributed by atoms with Crippen LogP contribution in [0.1, 0.15) is 32.9 Å². The lowest BCUT2D eigenvalue weighted by Crippen LogP contribution is -2.18. The van der Waals surface area contributed by atoms with Crippen LogP contribution in [-0.2, 0) is 16.8 Å². The van der Waals surface area contributed by atoms with E-state index in [1.807, 2.05) is 18.0 Å². The Morgan fingerprint density at radius 1 is 1.47 bits per heavy atom. The van der Waals surface area contributed by atoms with E-state index in [9.17, 15) is 4.79 Å². The molecule has 1 heterocycles. The fourth-order valence-electron chi connectivity index (χ4n) is 1.78. The summed E-state index contributed by atoms with van der Waals surface area (Å²) >= 11 is 3.12. The second-order valence-electron chi connectivity index (χ2n) is 5.36. The zero-order chi connectivity index (χ0) is 14.5. The topological polar surface area (TPSA) is 55.1 Å². The van der Waals surface area contributed by atoms with Crippen molar-refractivity contribution in [3.63, 3.8) is 0 Å². The second kappa shape index (κ2) is 7.24. The molecule has 0 aliphatic carbocycles. The van der Waals surface area contributed by atoms with Crippen LogP contribution in [0.3, 0.4) is 0 Å². The van der Waals surface area contributed by atoms with Gasteiger partial charge in [-0.3, -0.25) is 4.79 Å². The van der Waals surface area contributed by atoms with Crippen molar-refractivity contribution < 1.29 is 9.90 Å². The summed E-state index contributed by atoms with van der Waals surface area (Å²) in [5.74, 6) is 0.356. The van der Waals surface area contributed by atoms with Crippen molar-refractivity contribution in [1.29, 1.82) is 0 Å². The molecule has 0 spiro atoms. The quantitative estimate of drug-likeness (QED) is 0.619. The Kier molecular flexibility index (Phi) is 6.26. The number of nitrogens with zero attached hydrogens (tertiary/aromatic N) is 2. The van der Waals surface area contributed by atoms with Crippen LogP contribution in [0.15, 0.2) is 11.4 Å². The highest BCUT2D eigenvalue weighted by atomic mass is 32.2. The maximum atomic E-state index is 10.7. The summed E-state index contributed by atoms with van der Waals surface area (Å²) in [7, 11) is 0. The molecule has 0 bridgehead atoms. The molecule has 1 rings (SSSR count). The molecule has 1 aromatic rings. The summed E-state index contributed by atoms with van der Waals surface area (Å²) in [6.07, 6.45) is 5.04. The third kappa shape index (κ3) is 5.10. The van der Waals surface area contributed by atoms with Crippen LogP contribution in [0.2, 0.25) is 0 Å². The molecule has 19 heavy (non-hydrogen) atoms. The minimum absolute atomic E-state index is 0.0222. The van der Waals surface area contributed by atoms with Crippen molar-refractivity contribution in [2.45, 2.75) is 44.3 Å². The van der Waals surface area contributed by atoms with Gasteiger partial charge in [-0.25, -0.2) is 4.98 Å². The van der Waals surface area contributed by atoms with Gasteiger partial charge in [-0.15, -0.1) is 0 Å². The normalized spacial score (nSPS) is 11.8. The van der Waals surface area contributed by atoms with Gasteiger partial charge < -0.3 is 9.67 Å². The first kappa shape index (κ1) is 16.4. The van der Waals surface area contributed by atoms with Crippen LogP contribution in [0.25, 0.3) is 0 Å². The summed E-state index contributed by atoms with van der Waals surface area (Å²) in [6.45, 7) is 7.36. The van der Waals surface area contributed by atoms with E-state index in [2.05, 4.69) is 36.6 Å². The Hall–Kier alpha value is -0.620. The zero-order valence-corrected chi connectivity index (χ0v) is 13.6. The van der Waals surface area contributed by atoms with Gasteiger partial charge in [-0.2, -0.15) is 11.8 Å².